The SMILES string of the molecule is Cn1cc(C(=O)Nc2cc(F)c(CC(=O)N3C[C@@H](N4CC5CC4CO5)C[C@H]3CO[C@H]3CC[C@H](C(=O)O)CC3)cc2Cl)c2ccccc21. The summed E-state index contributed by atoms with van der Waals surface area (Å²) in [6.45, 7) is 2.43. The number of nitrogens with one attached hydrogen (secondary N) is 1. The van der Waals surface area contributed by atoms with Crippen LogP contribution in [0.5, 0.6) is 0 Å². The Kier molecular flexibility index (Phi) is 8.99. The third-order valence-corrected chi connectivity index (χ3v) is 10.9. The van der Waals surface area contributed by atoms with Crippen LogP contribution < -0.4 is 5.32 Å². The number of amides is 2. The van der Waals surface area contributed by atoms with Crippen molar-refractivity contribution < 1.29 is 33.4 Å². The van der Waals surface area contributed by atoms with Crippen LogP contribution in [0.15, 0.2) is 42.6 Å². The molecule has 7 rings (SSSR count). The Morgan fingerprint density at radius 2 is 1.87 bits per heavy atom. The maximum Gasteiger partial charge on any atom is 0.306 e. The minimum absolute atomic E-state index is 0.0364. The summed E-state index contributed by atoms with van der Waals surface area (Å²) < 4.78 is 29.5. The fourth-order valence-corrected chi connectivity index (χ4v) is 8.23. The first-order chi connectivity index (χ1) is 22.6. The van der Waals surface area contributed by atoms with Gasteiger partial charge in [-0.3, -0.25) is 19.3 Å². The predicted molar refractivity (Wildman–Crippen MR) is 174 cm³/mol. The number of likely N-dealkylation sites (tertiary alicyclic amines) is 2. The van der Waals surface area contributed by atoms with Gasteiger partial charge in [-0.25, -0.2) is 4.39 Å². The summed E-state index contributed by atoms with van der Waals surface area (Å²) >= 11 is 6.55. The lowest BCUT2D eigenvalue weighted by atomic mass is 9.87. The van der Waals surface area contributed by atoms with Gasteiger partial charge in [0.15, 0.2) is 0 Å². The number of fused-ring (bicyclic) bond motifs is 3. The lowest BCUT2D eigenvalue weighted by molar-refractivity contribution is -0.144. The van der Waals surface area contributed by atoms with Crippen molar-refractivity contribution in [3.8, 4) is 0 Å². The van der Waals surface area contributed by atoms with Gasteiger partial charge in [-0.2, -0.15) is 0 Å². The van der Waals surface area contributed by atoms with E-state index in [1.54, 1.807) is 6.20 Å². The van der Waals surface area contributed by atoms with E-state index >= 15 is 4.39 Å². The van der Waals surface area contributed by atoms with E-state index in [-0.39, 0.29) is 58.8 Å². The van der Waals surface area contributed by atoms with Crippen LogP contribution in [-0.4, -0.2) is 93.9 Å². The molecule has 10 nitrogen and oxygen atoms in total. The molecule has 12 heteroatoms. The van der Waals surface area contributed by atoms with Crippen molar-refractivity contribution in [1.82, 2.24) is 14.4 Å². The Morgan fingerprint density at radius 1 is 1.09 bits per heavy atom. The Morgan fingerprint density at radius 3 is 2.60 bits per heavy atom. The predicted octanol–water partition coefficient (Wildman–Crippen LogP) is 4.87. The van der Waals surface area contributed by atoms with Gasteiger partial charge in [0.05, 0.1) is 60.1 Å². The highest BCUT2D eigenvalue weighted by atomic mass is 35.5. The van der Waals surface area contributed by atoms with Crippen molar-refractivity contribution in [2.75, 3.05) is 31.6 Å². The maximum absolute atomic E-state index is 15.5. The summed E-state index contributed by atoms with van der Waals surface area (Å²) in [7, 11) is 1.85. The zero-order chi connectivity index (χ0) is 32.8. The number of halogens is 2. The van der Waals surface area contributed by atoms with E-state index in [4.69, 9.17) is 21.1 Å². The Labute approximate surface area is 277 Å². The zero-order valence-electron chi connectivity index (χ0n) is 26.4. The largest absolute Gasteiger partial charge is 0.481 e. The highest BCUT2D eigenvalue weighted by molar-refractivity contribution is 6.34. The minimum atomic E-state index is -0.754. The summed E-state index contributed by atoms with van der Waals surface area (Å²) in [6.07, 6.45) is 6.05. The van der Waals surface area contributed by atoms with Gasteiger partial charge in [-0.05, 0) is 62.3 Å². The summed E-state index contributed by atoms with van der Waals surface area (Å²) in [4.78, 5) is 42.7. The lowest BCUT2D eigenvalue weighted by Gasteiger charge is -2.32. The second-order valence-corrected chi connectivity index (χ2v) is 13.9. The summed E-state index contributed by atoms with van der Waals surface area (Å²) in [5, 5.41) is 13.0. The van der Waals surface area contributed by atoms with E-state index in [0.29, 0.717) is 57.0 Å². The van der Waals surface area contributed by atoms with E-state index < -0.39 is 17.7 Å². The molecule has 3 saturated heterocycles. The number of anilines is 1. The van der Waals surface area contributed by atoms with Gasteiger partial charge in [-0.15, -0.1) is 0 Å². The molecule has 1 aliphatic carbocycles. The van der Waals surface area contributed by atoms with Crippen LogP contribution in [0.1, 0.15) is 54.4 Å². The minimum Gasteiger partial charge on any atom is -0.481 e. The number of benzene rings is 2. The first-order valence-corrected chi connectivity index (χ1v) is 16.9. The van der Waals surface area contributed by atoms with Gasteiger partial charge >= 0.3 is 5.97 Å². The lowest BCUT2D eigenvalue weighted by Crippen LogP contribution is -2.46. The number of ether oxygens (including phenoxy) is 2. The fraction of sp³-hybridized carbons (Fsp3) is 0.514. The van der Waals surface area contributed by atoms with Gasteiger partial charge in [-0.1, -0.05) is 29.8 Å². The average Bonchev–Trinajstić information content (AvgIpc) is 3.86. The zero-order valence-corrected chi connectivity index (χ0v) is 27.1. The van der Waals surface area contributed by atoms with Gasteiger partial charge < -0.3 is 29.4 Å². The quantitative estimate of drug-likeness (QED) is 0.335. The Hall–Kier alpha value is -3.51. The fourth-order valence-electron chi connectivity index (χ4n) is 7.99. The molecule has 4 atom stereocenters. The molecule has 2 amide bonds. The van der Waals surface area contributed by atoms with E-state index in [9.17, 15) is 19.5 Å². The van der Waals surface area contributed by atoms with Crippen molar-refractivity contribution in [3.63, 3.8) is 0 Å². The molecule has 1 aromatic heterocycles. The average molecular weight is 667 g/mol. The van der Waals surface area contributed by atoms with Gasteiger partial charge in [0.25, 0.3) is 5.91 Å². The molecule has 4 aliphatic rings. The van der Waals surface area contributed by atoms with E-state index in [1.807, 2.05) is 40.8 Å². The number of hydrogen-bond donors (Lipinski definition) is 2. The third-order valence-electron chi connectivity index (χ3n) is 10.5. The van der Waals surface area contributed by atoms with Gasteiger partial charge in [0.1, 0.15) is 5.82 Å². The molecule has 4 heterocycles. The van der Waals surface area contributed by atoms with Crippen molar-refractivity contribution >= 4 is 46.0 Å². The highest BCUT2D eigenvalue weighted by Gasteiger charge is 2.47. The molecular weight excluding hydrogens is 627 g/mol. The molecule has 2 aromatic carbocycles. The van der Waals surface area contributed by atoms with E-state index in [2.05, 4.69) is 10.2 Å². The van der Waals surface area contributed by atoms with E-state index in [1.165, 1.54) is 12.1 Å². The first-order valence-electron chi connectivity index (χ1n) is 16.5. The van der Waals surface area contributed by atoms with Crippen LogP contribution >= 0.6 is 11.6 Å². The molecule has 47 heavy (non-hydrogen) atoms. The van der Waals surface area contributed by atoms with Crippen molar-refractivity contribution in [3.05, 3.63) is 64.6 Å². The molecule has 3 aromatic rings. The number of para-hydroxylation sites is 1. The number of aromatic nitrogens is 1. The van der Waals surface area contributed by atoms with Gasteiger partial charge in [0.2, 0.25) is 5.91 Å². The molecule has 0 spiro atoms. The monoisotopic (exact) mass is 666 g/mol. The van der Waals surface area contributed by atoms with Crippen LogP contribution in [0, 0.1) is 11.7 Å². The molecule has 2 N–H and O–H groups in total. The normalized spacial score (nSPS) is 27.5. The molecule has 250 valence electrons. The van der Waals surface area contributed by atoms with Crippen LogP contribution in [-0.2, 0) is 32.5 Å². The Balaban J connectivity index is 1.03. The number of aryl methyl sites for hydroxylation is 1. The second-order valence-electron chi connectivity index (χ2n) is 13.5. The molecule has 3 aliphatic heterocycles. The Bertz CT molecular complexity index is 1690. The standard InChI is InChI=1S/C35H40ClFN4O6/c1-39-17-28(27-4-2-3-5-32(27)39)34(43)38-31-14-30(37)21(10-29(31)36)11-33(42)41-15-22(40-16-26-13-24(40)19-47-26)12-23(41)18-46-25-8-6-20(7-9-25)35(44)45/h2-5,10,14,17,20,22-26H,6-9,11-13,15-16,18-19H2,1H3,(H,38,43)(H,44,45)/t20-,22-,23-,24?,25-,26?/m0/s1. The van der Waals surface area contributed by atoms with Gasteiger partial charge in [0, 0.05) is 49.3 Å². The highest BCUT2D eigenvalue weighted by Crippen LogP contribution is 2.36. The second kappa shape index (κ2) is 13.2. The molecule has 1 saturated carbocycles. The van der Waals surface area contributed by atoms with Crippen LogP contribution in [0.4, 0.5) is 10.1 Å². The maximum atomic E-state index is 15.5. The number of carboxylic acids is 1. The number of carboxylic acid groups (broad SMARTS) is 1. The third kappa shape index (κ3) is 6.50. The molecule has 0 radical (unpaired) electrons. The smallest absolute Gasteiger partial charge is 0.306 e. The summed E-state index contributed by atoms with van der Waals surface area (Å²) in [5.74, 6) is -2.32. The van der Waals surface area contributed by atoms with Crippen molar-refractivity contribution in [2.24, 2.45) is 13.0 Å². The van der Waals surface area contributed by atoms with Crippen LogP contribution in [0.3, 0.4) is 0 Å². The number of morpholine rings is 1. The number of carbonyl (C=O) groups is 3. The topological polar surface area (TPSA) is 113 Å². The molecule has 2 unspecified atom stereocenters. The first kappa shape index (κ1) is 32.1. The van der Waals surface area contributed by atoms with Crippen molar-refractivity contribution in [2.45, 2.75) is 75.3 Å². The summed E-state index contributed by atoms with van der Waals surface area (Å²) in [5.41, 5.74) is 1.64. The van der Waals surface area contributed by atoms with E-state index in [0.717, 1.165) is 30.3 Å². The number of carbonyl (C=O) groups excluding carboxylic acids is 2. The molecule has 4 fully saturated rings. The number of nitrogens with zero attached hydrogens (tertiary/aromatic N) is 3. The molecule has 2 bridgehead atoms. The van der Waals surface area contributed by atoms with Crippen LogP contribution in [0.25, 0.3) is 10.9 Å². The number of aliphatic carboxylic acids is 1. The molecular formula is C35H40ClFN4O6. The summed E-state index contributed by atoms with van der Waals surface area (Å²) in [6, 6.07) is 10.5. The number of rotatable bonds is 9. The number of hydrogen-bond acceptors (Lipinski definition) is 6. The van der Waals surface area contributed by atoms with Crippen LogP contribution in [0.2, 0.25) is 5.02 Å². The van der Waals surface area contributed by atoms with Crippen molar-refractivity contribution in [1.29, 1.82) is 0 Å².